The molecule has 3 aromatic rings. The number of aryl methyl sites for hydroxylation is 1. The molecule has 0 nitrogen and oxygen atoms in total. The van der Waals surface area contributed by atoms with Crippen LogP contribution in [0.15, 0.2) is 61.2 Å². The molecule has 0 saturated heterocycles. The molecule has 0 atom stereocenters. The maximum absolute atomic E-state index is 13.9. The van der Waals surface area contributed by atoms with E-state index in [1.165, 1.54) is 50.2 Å². The average molecular weight is 447 g/mol. The van der Waals surface area contributed by atoms with Gasteiger partial charge in [-0.1, -0.05) is 61.8 Å². The largest absolute Gasteiger partial charge is 0.204 e. The first kappa shape index (κ1) is 23.2. The Morgan fingerprint density at radius 1 is 0.788 bits per heavy atom. The summed E-state index contributed by atoms with van der Waals surface area (Å²) in [7, 11) is 0. The van der Waals surface area contributed by atoms with Gasteiger partial charge < -0.3 is 0 Å². The van der Waals surface area contributed by atoms with Gasteiger partial charge in [0.15, 0.2) is 17.5 Å². The molecule has 170 valence electrons. The Morgan fingerprint density at radius 2 is 1.42 bits per heavy atom. The lowest BCUT2D eigenvalue weighted by Gasteiger charge is -2.28. The van der Waals surface area contributed by atoms with Gasteiger partial charge in [0.2, 0.25) is 0 Å². The van der Waals surface area contributed by atoms with Gasteiger partial charge in [0.25, 0.3) is 0 Å². The van der Waals surface area contributed by atoms with Crippen LogP contribution in [0.1, 0.15) is 61.6 Å². The highest BCUT2D eigenvalue weighted by molar-refractivity contribution is 5.84. The third-order valence-electron chi connectivity index (χ3n) is 6.86. The summed E-state index contributed by atoms with van der Waals surface area (Å²) in [4.78, 5) is 0. The standard InChI is InChI=1S/C30H29F3/c1-2-3-4-21-5-7-22(8-6-21)9-10-23-11-13-24(14-12-23)15-16-25-17-18-27-26(19-25)20-28(31)30(33)29(27)32/h2,11-14,17-22H,1,3-10H2. The number of hydrogen-bond acceptors (Lipinski definition) is 0. The van der Waals surface area contributed by atoms with Crippen LogP contribution in [-0.2, 0) is 6.42 Å². The molecule has 0 aromatic heterocycles. The van der Waals surface area contributed by atoms with E-state index in [0.29, 0.717) is 10.9 Å². The lowest BCUT2D eigenvalue weighted by molar-refractivity contribution is 0.254. The molecule has 0 bridgehead atoms. The molecule has 0 heterocycles. The zero-order valence-electron chi connectivity index (χ0n) is 18.8. The predicted molar refractivity (Wildman–Crippen MR) is 129 cm³/mol. The van der Waals surface area contributed by atoms with Crippen molar-refractivity contribution in [3.05, 3.63) is 95.3 Å². The smallest absolute Gasteiger partial charge is 0.195 e. The fourth-order valence-corrected chi connectivity index (χ4v) is 4.82. The third kappa shape index (κ3) is 5.88. The molecular formula is C30H29F3. The second-order valence-electron chi connectivity index (χ2n) is 9.16. The van der Waals surface area contributed by atoms with E-state index in [9.17, 15) is 13.2 Å². The Balaban J connectivity index is 1.33. The summed E-state index contributed by atoms with van der Waals surface area (Å²) < 4.78 is 40.8. The summed E-state index contributed by atoms with van der Waals surface area (Å²) in [6.07, 6.45) is 12.2. The van der Waals surface area contributed by atoms with Crippen molar-refractivity contribution < 1.29 is 13.2 Å². The molecule has 0 unspecified atom stereocenters. The Kier molecular flexibility index (Phi) is 7.55. The highest BCUT2D eigenvalue weighted by Crippen LogP contribution is 2.34. The molecule has 4 rings (SSSR count). The molecule has 33 heavy (non-hydrogen) atoms. The molecule has 1 aliphatic rings. The zero-order valence-corrected chi connectivity index (χ0v) is 18.8. The molecule has 1 saturated carbocycles. The number of benzene rings is 3. The van der Waals surface area contributed by atoms with Crippen LogP contribution < -0.4 is 0 Å². The quantitative estimate of drug-likeness (QED) is 0.203. The third-order valence-corrected chi connectivity index (χ3v) is 6.86. The lowest BCUT2D eigenvalue weighted by Crippen LogP contribution is -2.15. The van der Waals surface area contributed by atoms with Crippen LogP contribution in [0.25, 0.3) is 10.8 Å². The minimum atomic E-state index is -1.45. The van der Waals surface area contributed by atoms with E-state index in [1.807, 2.05) is 18.2 Å². The molecule has 0 N–H and O–H groups in total. The first-order valence-electron chi connectivity index (χ1n) is 11.8. The summed E-state index contributed by atoms with van der Waals surface area (Å²) in [6.45, 7) is 3.83. The van der Waals surface area contributed by atoms with Crippen LogP contribution in [0.4, 0.5) is 13.2 Å². The molecule has 1 fully saturated rings. The molecule has 0 radical (unpaired) electrons. The molecule has 1 aliphatic carbocycles. The van der Waals surface area contributed by atoms with Crippen molar-refractivity contribution >= 4 is 10.8 Å². The summed E-state index contributed by atoms with van der Waals surface area (Å²) >= 11 is 0. The first-order valence-corrected chi connectivity index (χ1v) is 11.8. The summed E-state index contributed by atoms with van der Waals surface area (Å²) in [5.74, 6) is 4.05. The van der Waals surface area contributed by atoms with Crippen LogP contribution in [-0.4, -0.2) is 0 Å². The van der Waals surface area contributed by atoms with Gasteiger partial charge in [-0.3, -0.25) is 0 Å². The van der Waals surface area contributed by atoms with Gasteiger partial charge in [0, 0.05) is 16.5 Å². The van der Waals surface area contributed by atoms with E-state index in [0.717, 1.165) is 36.3 Å². The van der Waals surface area contributed by atoms with Crippen LogP contribution >= 0.6 is 0 Å². The van der Waals surface area contributed by atoms with Gasteiger partial charge in [0.05, 0.1) is 0 Å². The first-order chi connectivity index (χ1) is 16.0. The second kappa shape index (κ2) is 10.8. The van der Waals surface area contributed by atoms with Gasteiger partial charge in [-0.2, -0.15) is 0 Å². The van der Waals surface area contributed by atoms with E-state index in [4.69, 9.17) is 0 Å². The topological polar surface area (TPSA) is 0 Å². The Hall–Kier alpha value is -2.99. The maximum atomic E-state index is 13.9. The maximum Gasteiger partial charge on any atom is 0.195 e. The lowest BCUT2D eigenvalue weighted by atomic mass is 9.78. The normalized spacial score (nSPS) is 18.0. The number of allylic oxidation sites excluding steroid dienone is 1. The Bertz CT molecular complexity index is 1170. The van der Waals surface area contributed by atoms with E-state index >= 15 is 0 Å². The van der Waals surface area contributed by atoms with Crippen molar-refractivity contribution in [1.82, 2.24) is 0 Å². The van der Waals surface area contributed by atoms with E-state index in [2.05, 4.69) is 30.6 Å². The Morgan fingerprint density at radius 3 is 2.12 bits per heavy atom. The minimum Gasteiger partial charge on any atom is -0.204 e. The van der Waals surface area contributed by atoms with Gasteiger partial charge in [-0.25, -0.2) is 13.2 Å². The molecule has 0 spiro atoms. The van der Waals surface area contributed by atoms with E-state index < -0.39 is 17.5 Å². The highest BCUT2D eigenvalue weighted by Gasteiger charge is 2.20. The van der Waals surface area contributed by atoms with Gasteiger partial charge >= 0.3 is 0 Å². The van der Waals surface area contributed by atoms with Crippen molar-refractivity contribution in [3.63, 3.8) is 0 Å². The fourth-order valence-electron chi connectivity index (χ4n) is 4.82. The van der Waals surface area contributed by atoms with Crippen LogP contribution in [0.3, 0.4) is 0 Å². The van der Waals surface area contributed by atoms with Crippen molar-refractivity contribution in [1.29, 1.82) is 0 Å². The van der Waals surface area contributed by atoms with Crippen molar-refractivity contribution in [3.8, 4) is 11.8 Å². The van der Waals surface area contributed by atoms with Crippen molar-refractivity contribution in [2.45, 2.75) is 51.4 Å². The van der Waals surface area contributed by atoms with Crippen LogP contribution in [0, 0.1) is 41.1 Å². The minimum absolute atomic E-state index is 0.0500. The Labute approximate surface area is 194 Å². The predicted octanol–water partition coefficient (Wildman–Crippen LogP) is 8.36. The molecule has 3 aromatic carbocycles. The number of rotatable bonds is 6. The number of halogens is 3. The van der Waals surface area contributed by atoms with E-state index in [1.54, 1.807) is 12.1 Å². The van der Waals surface area contributed by atoms with E-state index in [-0.39, 0.29) is 5.39 Å². The van der Waals surface area contributed by atoms with Gasteiger partial charge in [0.1, 0.15) is 0 Å². The molecular weight excluding hydrogens is 417 g/mol. The summed E-state index contributed by atoms with van der Waals surface area (Å²) in [5.41, 5.74) is 2.84. The SMILES string of the molecule is C=CCCC1CCC(CCc2ccc(C#Cc3ccc4c(F)c(F)c(F)cc4c3)cc2)CC1. The summed E-state index contributed by atoms with van der Waals surface area (Å²) in [5, 5.41) is 0.345. The average Bonchev–Trinajstić information content (AvgIpc) is 2.84. The molecule has 3 heteroatoms. The fraction of sp³-hybridized carbons (Fsp3) is 0.333. The zero-order chi connectivity index (χ0) is 23.2. The molecule has 0 amide bonds. The number of hydrogen-bond donors (Lipinski definition) is 0. The molecule has 0 aliphatic heterocycles. The highest BCUT2D eigenvalue weighted by atomic mass is 19.2. The van der Waals surface area contributed by atoms with Crippen LogP contribution in [0.5, 0.6) is 0 Å². The van der Waals surface area contributed by atoms with Crippen molar-refractivity contribution in [2.75, 3.05) is 0 Å². The summed E-state index contributed by atoms with van der Waals surface area (Å²) in [6, 6.07) is 13.9. The van der Waals surface area contributed by atoms with Gasteiger partial charge in [-0.05, 0) is 78.8 Å². The van der Waals surface area contributed by atoms with Gasteiger partial charge in [-0.15, -0.1) is 6.58 Å². The van der Waals surface area contributed by atoms with Crippen LogP contribution in [0.2, 0.25) is 0 Å². The second-order valence-corrected chi connectivity index (χ2v) is 9.16. The monoisotopic (exact) mass is 446 g/mol. The number of fused-ring (bicyclic) bond motifs is 1. The van der Waals surface area contributed by atoms with Crippen molar-refractivity contribution in [2.24, 2.45) is 11.8 Å².